The summed E-state index contributed by atoms with van der Waals surface area (Å²) in [6.45, 7) is 13.2. The predicted octanol–water partition coefficient (Wildman–Crippen LogP) is -4.70. The van der Waals surface area contributed by atoms with Gasteiger partial charge in [-0.2, -0.15) is 0 Å². The van der Waals surface area contributed by atoms with Crippen molar-refractivity contribution in [3.63, 3.8) is 0 Å². The Morgan fingerprint density at radius 3 is 1.84 bits per heavy atom. The summed E-state index contributed by atoms with van der Waals surface area (Å²) in [6, 6.07) is -0.194. The van der Waals surface area contributed by atoms with Gasteiger partial charge in [0.2, 0.25) is 12.2 Å². The van der Waals surface area contributed by atoms with Gasteiger partial charge in [-0.15, -0.1) is 0 Å². The second kappa shape index (κ2) is 19.9. The minimum Gasteiger partial charge on any atom is -0.530 e. The summed E-state index contributed by atoms with van der Waals surface area (Å²) < 4.78 is 0. The molecule has 0 radical (unpaired) electrons. The van der Waals surface area contributed by atoms with Gasteiger partial charge < -0.3 is 35.5 Å². The molecule has 0 aromatic heterocycles. The number of aliphatic imine (C=N–C) groups is 2. The Labute approximate surface area is 324 Å². The Morgan fingerprint density at radius 2 is 1.37 bits per heavy atom. The first-order valence-corrected chi connectivity index (χ1v) is 12.0. The summed E-state index contributed by atoms with van der Waals surface area (Å²) in [6.07, 6.45) is 5.43. The van der Waals surface area contributed by atoms with Crippen LogP contribution in [0.2, 0.25) is 0 Å². The maximum absolute atomic E-state index is 10.6. The quantitative estimate of drug-likeness (QED) is 0.186. The van der Waals surface area contributed by atoms with E-state index in [2.05, 4.69) is 41.4 Å². The van der Waals surface area contributed by atoms with Gasteiger partial charge >= 0.3 is 116 Å². The maximum atomic E-state index is 10.6. The standard InChI is InChI=1S/C12H22N2O4.C12H18N2O2.CH4O.2Rb/c1-11(2)4-8(14-10(17)18)5-12(3,6-11)7-13-9(15)16;1-11(2)4-10(14-9-16)5-12(3,6-11)7-13-8-15;1-2;;/h8,13-14H,4-7H2,1-3H3,(H,15,16)(H,17,18);10H,4-7H2,1-3H3;2H,1H3;;/q;;;2*+1/p-2. The van der Waals surface area contributed by atoms with Crippen molar-refractivity contribution in [1.29, 1.82) is 0 Å². The second-order valence-corrected chi connectivity index (χ2v) is 12.2. The molecule has 2 fully saturated rings. The van der Waals surface area contributed by atoms with Gasteiger partial charge in [-0.3, -0.25) is 0 Å². The monoisotopic (exact) mass is 680 g/mol. The number of isocyanates is 2. The molecular weight excluding hydrogens is 639 g/mol. The number of aliphatic hydroxyl groups excluding tert-OH is 1. The van der Waals surface area contributed by atoms with Gasteiger partial charge in [0.1, 0.15) is 12.2 Å². The van der Waals surface area contributed by atoms with Crippen molar-refractivity contribution < 1.29 is 151 Å². The molecule has 0 saturated heterocycles. The first-order valence-electron chi connectivity index (χ1n) is 12.0. The summed E-state index contributed by atoms with van der Waals surface area (Å²) in [5, 5.41) is 32.8. The van der Waals surface area contributed by atoms with E-state index in [1.165, 1.54) is 0 Å². The van der Waals surface area contributed by atoms with Crippen molar-refractivity contribution >= 4 is 24.3 Å². The third kappa shape index (κ3) is 18.3. The van der Waals surface area contributed by atoms with Crippen LogP contribution in [0.5, 0.6) is 0 Å². The molecule has 0 bridgehead atoms. The van der Waals surface area contributed by atoms with Crippen LogP contribution in [0.25, 0.3) is 0 Å². The predicted molar refractivity (Wildman–Crippen MR) is 130 cm³/mol. The van der Waals surface area contributed by atoms with Crippen LogP contribution in [0.1, 0.15) is 80.1 Å². The first-order chi connectivity index (χ1) is 16.5. The molecule has 0 aromatic carbocycles. The van der Waals surface area contributed by atoms with Crippen LogP contribution in [0.4, 0.5) is 9.59 Å². The van der Waals surface area contributed by atoms with E-state index in [-0.39, 0.29) is 157 Å². The van der Waals surface area contributed by atoms with E-state index in [0.29, 0.717) is 13.0 Å². The van der Waals surface area contributed by atoms with E-state index in [0.717, 1.165) is 39.2 Å². The zero-order valence-electron chi connectivity index (χ0n) is 24.6. The van der Waals surface area contributed by atoms with Crippen LogP contribution in [-0.4, -0.2) is 61.7 Å². The molecule has 0 spiro atoms. The molecule has 2 rings (SSSR count). The fraction of sp³-hybridized carbons (Fsp3) is 0.840. The van der Waals surface area contributed by atoms with Gasteiger partial charge in [-0.1, -0.05) is 41.5 Å². The SMILES string of the molecule is CC1(C)CC(N=C=O)CC(C)(CN=C=O)C1.CC1(C)CC(NC(=O)[O-])CC(C)(CNC(=O)[O-])C1.CO.[Rb+].[Rb+]. The van der Waals surface area contributed by atoms with Gasteiger partial charge in [0.25, 0.3) is 0 Å². The number of carbonyl (C=O) groups is 2. The molecule has 4 atom stereocenters. The van der Waals surface area contributed by atoms with Crippen LogP contribution in [0.3, 0.4) is 0 Å². The van der Waals surface area contributed by atoms with Crippen LogP contribution in [-0.2, 0) is 9.59 Å². The van der Waals surface area contributed by atoms with E-state index in [1.807, 2.05) is 20.8 Å². The fourth-order valence-corrected chi connectivity index (χ4v) is 6.41. The van der Waals surface area contributed by atoms with Gasteiger partial charge in [-0.25, -0.2) is 19.6 Å². The van der Waals surface area contributed by atoms with Gasteiger partial charge in [0, 0.05) is 19.7 Å². The van der Waals surface area contributed by atoms with Crippen molar-refractivity contribution in [3.05, 3.63) is 0 Å². The Bertz CT molecular complexity index is 846. The minimum atomic E-state index is -1.30. The fourth-order valence-electron chi connectivity index (χ4n) is 6.41. The molecule has 2 saturated carbocycles. The maximum Gasteiger partial charge on any atom is 1.00 e. The van der Waals surface area contributed by atoms with E-state index >= 15 is 0 Å². The molecule has 3 N–H and O–H groups in total. The van der Waals surface area contributed by atoms with Crippen LogP contribution in [0.15, 0.2) is 9.98 Å². The molecule has 206 valence electrons. The molecule has 2 aliphatic carbocycles. The Kier molecular flexibility index (Phi) is 22.7. The van der Waals surface area contributed by atoms with Crippen molar-refractivity contribution in [3.8, 4) is 0 Å². The summed E-state index contributed by atoms with van der Waals surface area (Å²) >= 11 is 0. The van der Waals surface area contributed by atoms with Gasteiger partial charge in [-0.05, 0) is 60.2 Å². The third-order valence-corrected chi connectivity index (χ3v) is 6.61. The summed E-state index contributed by atoms with van der Waals surface area (Å²) in [5.41, 5.74) is -0.275. The molecule has 0 heterocycles. The Morgan fingerprint density at radius 1 is 0.842 bits per heavy atom. The number of rotatable bonds is 6. The largest absolute Gasteiger partial charge is 1.00 e. The van der Waals surface area contributed by atoms with E-state index in [1.54, 1.807) is 12.2 Å². The average molecular weight is 682 g/mol. The normalized spacial score (nSPS) is 28.2. The molecular formula is C25H42N4O7Rb2. The number of nitrogens with zero attached hydrogens (tertiary/aromatic N) is 2. The summed E-state index contributed by atoms with van der Waals surface area (Å²) in [5.74, 6) is 0. The first kappa shape index (κ1) is 43.3. The molecule has 11 nitrogen and oxygen atoms in total. The number of amides is 2. The van der Waals surface area contributed by atoms with Crippen molar-refractivity contribution in [2.24, 2.45) is 31.6 Å². The number of nitrogens with one attached hydrogen (secondary N) is 2. The van der Waals surface area contributed by atoms with E-state index in [9.17, 15) is 29.4 Å². The van der Waals surface area contributed by atoms with Crippen LogP contribution < -0.4 is 137 Å². The molecule has 38 heavy (non-hydrogen) atoms. The van der Waals surface area contributed by atoms with E-state index in [4.69, 9.17) is 5.11 Å². The molecule has 2 aliphatic rings. The molecule has 2 amide bonds. The zero-order valence-corrected chi connectivity index (χ0v) is 34.4. The van der Waals surface area contributed by atoms with Gasteiger partial charge in [0.05, 0.1) is 12.6 Å². The summed E-state index contributed by atoms with van der Waals surface area (Å²) in [4.78, 5) is 49.1. The molecule has 4 unspecified atom stereocenters. The number of hydrogen-bond acceptors (Lipinski definition) is 9. The van der Waals surface area contributed by atoms with Crippen LogP contribution in [0, 0.1) is 21.7 Å². The Balaban J connectivity index is -0.000000579. The van der Waals surface area contributed by atoms with E-state index < -0.39 is 12.2 Å². The topological polar surface area (TPSA) is 183 Å². The van der Waals surface area contributed by atoms with Crippen molar-refractivity contribution in [2.75, 3.05) is 20.2 Å². The number of aliphatic hydroxyl groups is 1. The number of carbonyl (C=O) groups excluding carboxylic acids is 4. The molecule has 0 aliphatic heterocycles. The molecule has 0 aromatic rings. The number of hydrogen-bond donors (Lipinski definition) is 3. The minimum absolute atomic E-state index is 0. The van der Waals surface area contributed by atoms with Gasteiger partial charge in [0.15, 0.2) is 0 Å². The smallest absolute Gasteiger partial charge is 0.530 e. The average Bonchev–Trinajstić information content (AvgIpc) is 2.70. The third-order valence-electron chi connectivity index (χ3n) is 6.61. The van der Waals surface area contributed by atoms with Crippen LogP contribution >= 0.6 is 0 Å². The number of carboxylic acid groups (broad SMARTS) is 2. The Hall–Kier alpha value is 0.870. The summed E-state index contributed by atoms with van der Waals surface area (Å²) in [7, 11) is 1.00. The second-order valence-electron chi connectivity index (χ2n) is 12.2. The zero-order chi connectivity index (χ0) is 28.2. The molecule has 13 heteroatoms. The van der Waals surface area contributed by atoms with Crippen molar-refractivity contribution in [1.82, 2.24) is 10.6 Å². The van der Waals surface area contributed by atoms with Crippen molar-refractivity contribution in [2.45, 2.75) is 92.2 Å².